The highest BCUT2D eigenvalue weighted by Gasteiger charge is 2.87. The average Bonchev–Trinajstić information content (AvgIpc) is 3.52. The maximum Gasteiger partial charge on any atom is 0.342 e. The standard InChI is InChI=1S/C32H46O12/c1-7-8-9-10-11-12-25(37)42-21-16-23(40-18(2)34)29(4)14-13-22(36)30(5,39)26(29)27(41-19(3)35)32-24(15-20(21)17-33)43-28(38)31(32,6)44-32/h13-15,21-24,26-27,33,36,39H,7-12,16-17H2,1-6H3/b20-15-/t21?,22-,23+,24+,26-,27?,29-,30-,31+,32+/m1/s1. The second-order valence-electron chi connectivity index (χ2n) is 13.0. The first-order valence-electron chi connectivity index (χ1n) is 15.4. The molecule has 3 N–H and O–H groups in total. The van der Waals surface area contributed by atoms with Crippen molar-refractivity contribution in [1.29, 1.82) is 0 Å². The molecule has 2 fully saturated rings. The van der Waals surface area contributed by atoms with Gasteiger partial charge in [0.1, 0.15) is 24.4 Å². The summed E-state index contributed by atoms with van der Waals surface area (Å²) in [6.07, 6.45) is 2.56. The number of epoxide rings is 1. The molecule has 1 spiro atoms. The van der Waals surface area contributed by atoms with Crippen molar-refractivity contribution >= 4 is 23.9 Å². The first-order chi connectivity index (χ1) is 20.6. The second-order valence-corrected chi connectivity index (χ2v) is 13.0. The van der Waals surface area contributed by atoms with Gasteiger partial charge in [-0.3, -0.25) is 14.4 Å². The van der Waals surface area contributed by atoms with Gasteiger partial charge in [0.25, 0.3) is 0 Å². The summed E-state index contributed by atoms with van der Waals surface area (Å²) in [5, 5.41) is 33.5. The molecule has 2 unspecified atom stereocenters. The van der Waals surface area contributed by atoms with Crippen LogP contribution in [0.2, 0.25) is 0 Å². The molecular weight excluding hydrogens is 576 g/mol. The third-order valence-electron chi connectivity index (χ3n) is 9.83. The predicted octanol–water partition coefficient (Wildman–Crippen LogP) is 2.20. The Morgan fingerprint density at radius 3 is 2.27 bits per heavy atom. The molecule has 2 saturated heterocycles. The molecular formula is C32H46O12. The van der Waals surface area contributed by atoms with Crippen molar-refractivity contribution in [1.82, 2.24) is 0 Å². The van der Waals surface area contributed by atoms with Gasteiger partial charge in [-0.15, -0.1) is 0 Å². The fraction of sp³-hybridized carbons (Fsp3) is 0.750. The molecule has 0 bridgehead atoms. The number of aliphatic hydroxyl groups excluding tert-OH is 2. The summed E-state index contributed by atoms with van der Waals surface area (Å²) >= 11 is 0. The van der Waals surface area contributed by atoms with Crippen molar-refractivity contribution in [3.63, 3.8) is 0 Å². The fourth-order valence-electron chi connectivity index (χ4n) is 7.39. The van der Waals surface area contributed by atoms with Crippen LogP contribution < -0.4 is 0 Å². The molecule has 44 heavy (non-hydrogen) atoms. The molecule has 2 aliphatic heterocycles. The van der Waals surface area contributed by atoms with Gasteiger partial charge in [0, 0.05) is 38.0 Å². The van der Waals surface area contributed by atoms with Crippen molar-refractivity contribution in [2.45, 2.75) is 134 Å². The molecule has 4 aliphatic rings. The number of ether oxygens (including phenoxy) is 5. The lowest BCUT2D eigenvalue weighted by Crippen LogP contribution is -2.67. The molecule has 0 aromatic rings. The normalized spacial score (nSPS) is 42.0. The number of esters is 4. The number of carbonyl (C=O) groups excluding carboxylic acids is 4. The maximum absolute atomic E-state index is 13.2. The Morgan fingerprint density at radius 2 is 1.68 bits per heavy atom. The molecule has 0 radical (unpaired) electrons. The number of hydrogen-bond donors (Lipinski definition) is 3. The SMILES string of the molecule is CCCCCCCC(=O)OC1C[C@H](OC(C)=O)[C@@]2(C)C=C[C@@H](O)[C@@](C)(O)[C@@H]2C(OC(C)=O)[C@]23O[C@@]2(C)C(=O)O[C@H]3/C=C\1CO. The lowest BCUT2D eigenvalue weighted by Gasteiger charge is -2.54. The van der Waals surface area contributed by atoms with E-state index >= 15 is 0 Å². The largest absolute Gasteiger partial charge is 0.461 e. The van der Waals surface area contributed by atoms with E-state index in [1.54, 1.807) is 13.0 Å². The number of aliphatic hydroxyl groups is 3. The Morgan fingerprint density at radius 1 is 1.02 bits per heavy atom. The Bertz CT molecular complexity index is 1210. The van der Waals surface area contributed by atoms with E-state index in [0.29, 0.717) is 6.42 Å². The molecule has 10 atom stereocenters. The van der Waals surface area contributed by atoms with Gasteiger partial charge in [-0.2, -0.15) is 0 Å². The summed E-state index contributed by atoms with van der Waals surface area (Å²) in [6, 6.07) is 0. The molecule has 0 saturated carbocycles. The van der Waals surface area contributed by atoms with Crippen LogP contribution in [0.5, 0.6) is 0 Å². The molecule has 246 valence electrons. The van der Waals surface area contributed by atoms with Crippen molar-refractivity contribution < 1.29 is 58.2 Å². The summed E-state index contributed by atoms with van der Waals surface area (Å²) in [5.41, 5.74) is -6.53. The number of hydrogen-bond acceptors (Lipinski definition) is 12. The Labute approximate surface area is 257 Å². The molecule has 12 heteroatoms. The monoisotopic (exact) mass is 622 g/mol. The van der Waals surface area contributed by atoms with Crippen LogP contribution >= 0.6 is 0 Å². The number of unbranched alkanes of at least 4 members (excludes halogenated alkanes) is 4. The van der Waals surface area contributed by atoms with Crippen LogP contribution in [0.1, 0.15) is 86.5 Å². The molecule has 0 amide bonds. The van der Waals surface area contributed by atoms with E-state index in [1.165, 1.54) is 39.8 Å². The maximum atomic E-state index is 13.2. The van der Waals surface area contributed by atoms with E-state index in [2.05, 4.69) is 6.92 Å². The van der Waals surface area contributed by atoms with Crippen LogP contribution in [0.25, 0.3) is 0 Å². The zero-order chi connectivity index (χ0) is 32.7. The highest BCUT2D eigenvalue weighted by molar-refractivity contribution is 5.89. The lowest BCUT2D eigenvalue weighted by molar-refractivity contribution is -0.215. The summed E-state index contributed by atoms with van der Waals surface area (Å²) in [4.78, 5) is 51.4. The molecule has 4 rings (SSSR count). The summed E-state index contributed by atoms with van der Waals surface area (Å²) in [6.45, 7) is 8.37. The van der Waals surface area contributed by atoms with Gasteiger partial charge in [-0.1, -0.05) is 51.7 Å². The molecule has 2 heterocycles. The van der Waals surface area contributed by atoms with E-state index < -0.39 is 89.1 Å². The van der Waals surface area contributed by atoms with E-state index in [1.807, 2.05) is 0 Å². The van der Waals surface area contributed by atoms with Gasteiger partial charge in [-0.05, 0) is 31.9 Å². The third kappa shape index (κ3) is 5.81. The van der Waals surface area contributed by atoms with Gasteiger partial charge < -0.3 is 39.0 Å². The van der Waals surface area contributed by atoms with E-state index in [0.717, 1.165) is 25.7 Å². The second kappa shape index (κ2) is 12.5. The molecule has 12 nitrogen and oxygen atoms in total. The first-order valence-corrected chi connectivity index (χ1v) is 15.4. The van der Waals surface area contributed by atoms with Gasteiger partial charge in [0.05, 0.1) is 12.2 Å². The minimum Gasteiger partial charge on any atom is -0.461 e. The van der Waals surface area contributed by atoms with Crippen molar-refractivity contribution in [3.05, 3.63) is 23.8 Å². The Hall–Kier alpha value is -2.80. The van der Waals surface area contributed by atoms with Crippen molar-refractivity contribution in [3.8, 4) is 0 Å². The van der Waals surface area contributed by atoms with Crippen molar-refractivity contribution in [2.24, 2.45) is 11.3 Å². The predicted molar refractivity (Wildman–Crippen MR) is 154 cm³/mol. The molecule has 0 aromatic heterocycles. The number of rotatable bonds is 10. The van der Waals surface area contributed by atoms with E-state index in [4.69, 9.17) is 23.7 Å². The van der Waals surface area contributed by atoms with Gasteiger partial charge >= 0.3 is 23.9 Å². The highest BCUT2D eigenvalue weighted by atomic mass is 16.7. The van der Waals surface area contributed by atoms with Crippen LogP contribution in [0.3, 0.4) is 0 Å². The zero-order valence-electron chi connectivity index (χ0n) is 26.4. The van der Waals surface area contributed by atoms with Crippen LogP contribution in [-0.4, -0.2) is 93.1 Å². The van der Waals surface area contributed by atoms with Crippen molar-refractivity contribution in [2.75, 3.05) is 6.61 Å². The summed E-state index contributed by atoms with van der Waals surface area (Å²) in [5.74, 6) is -3.93. The summed E-state index contributed by atoms with van der Waals surface area (Å²) < 4.78 is 29.5. The van der Waals surface area contributed by atoms with Gasteiger partial charge in [0.2, 0.25) is 0 Å². The number of fused-ring (bicyclic) bond motifs is 1. The molecule has 0 aromatic carbocycles. The highest BCUT2D eigenvalue weighted by Crippen LogP contribution is 2.65. The van der Waals surface area contributed by atoms with Crippen LogP contribution in [0, 0.1) is 11.3 Å². The third-order valence-corrected chi connectivity index (χ3v) is 9.83. The van der Waals surface area contributed by atoms with Gasteiger partial charge in [0.15, 0.2) is 17.3 Å². The summed E-state index contributed by atoms with van der Waals surface area (Å²) in [7, 11) is 0. The average molecular weight is 623 g/mol. The van der Waals surface area contributed by atoms with Crippen LogP contribution in [0.15, 0.2) is 23.8 Å². The quantitative estimate of drug-likeness (QED) is 0.107. The Kier molecular flexibility index (Phi) is 9.71. The smallest absolute Gasteiger partial charge is 0.342 e. The van der Waals surface area contributed by atoms with E-state index in [9.17, 15) is 34.5 Å². The van der Waals surface area contributed by atoms with Crippen LogP contribution in [0.4, 0.5) is 0 Å². The van der Waals surface area contributed by atoms with Gasteiger partial charge in [-0.25, -0.2) is 4.79 Å². The molecule has 2 aliphatic carbocycles. The zero-order valence-corrected chi connectivity index (χ0v) is 26.4. The minimum atomic E-state index is -2.01. The fourth-order valence-corrected chi connectivity index (χ4v) is 7.39. The first kappa shape index (κ1) is 34.1. The number of carbonyl (C=O) groups is 4. The minimum absolute atomic E-state index is 0.135. The topological polar surface area (TPSA) is 178 Å². The Balaban J connectivity index is 1.88. The van der Waals surface area contributed by atoms with E-state index in [-0.39, 0.29) is 18.4 Å². The van der Waals surface area contributed by atoms with Crippen LogP contribution in [-0.2, 0) is 42.9 Å². The lowest BCUT2D eigenvalue weighted by atomic mass is 9.55.